The first kappa shape index (κ1) is 18.7. The molecule has 2 heterocycles. The van der Waals surface area contributed by atoms with E-state index in [1.54, 1.807) is 0 Å². The fourth-order valence-corrected chi connectivity index (χ4v) is 4.88. The summed E-state index contributed by atoms with van der Waals surface area (Å²) in [7, 11) is 0. The predicted molar refractivity (Wildman–Crippen MR) is 116 cm³/mol. The van der Waals surface area contributed by atoms with E-state index in [0.717, 1.165) is 26.9 Å². The molecule has 6 nitrogen and oxygen atoms in total. The van der Waals surface area contributed by atoms with Gasteiger partial charge in [0.2, 0.25) is 17.7 Å². The second-order valence-corrected chi connectivity index (χ2v) is 8.42. The van der Waals surface area contributed by atoms with Crippen molar-refractivity contribution in [2.45, 2.75) is 12.8 Å². The Bertz CT molecular complexity index is 1170. The predicted octanol–water partition coefficient (Wildman–Crippen LogP) is 3.85. The Morgan fingerprint density at radius 3 is 2.47 bits per heavy atom. The maximum absolute atomic E-state index is 12.5. The van der Waals surface area contributed by atoms with Gasteiger partial charge in [-0.15, -0.1) is 11.3 Å². The first-order valence-electron chi connectivity index (χ1n) is 9.85. The first-order valence-corrected chi connectivity index (χ1v) is 10.7. The van der Waals surface area contributed by atoms with E-state index in [1.807, 2.05) is 47.9 Å². The molecule has 1 aromatic heterocycles. The minimum absolute atomic E-state index is 0.250. The van der Waals surface area contributed by atoms with E-state index in [4.69, 9.17) is 0 Å². The minimum atomic E-state index is -0.414. The summed E-state index contributed by atoms with van der Waals surface area (Å²) in [5.74, 6) is -1.56. The van der Waals surface area contributed by atoms with Gasteiger partial charge in [-0.1, -0.05) is 48.6 Å². The number of carbonyl (C=O) groups is 3. The van der Waals surface area contributed by atoms with E-state index in [2.05, 4.69) is 22.4 Å². The molecule has 2 atom stereocenters. The quantitative estimate of drug-likeness (QED) is 0.517. The highest BCUT2D eigenvalue weighted by Crippen LogP contribution is 2.35. The number of imide groups is 1. The number of anilines is 1. The first-order chi connectivity index (χ1) is 14.6. The lowest BCUT2D eigenvalue weighted by atomic mass is 9.85. The Balaban J connectivity index is 1.27. The van der Waals surface area contributed by atoms with Crippen LogP contribution in [0.1, 0.15) is 12.8 Å². The van der Waals surface area contributed by atoms with Gasteiger partial charge < -0.3 is 5.32 Å². The average molecular weight is 417 g/mol. The molecular formula is C23H19N3O3S. The fraction of sp³-hybridized carbons (Fsp3) is 0.217. The Morgan fingerprint density at radius 2 is 1.73 bits per heavy atom. The summed E-state index contributed by atoms with van der Waals surface area (Å²) in [5.41, 5.74) is 1.73. The number of aromatic nitrogens is 1. The molecule has 1 aliphatic heterocycles. The van der Waals surface area contributed by atoms with E-state index < -0.39 is 5.91 Å². The average Bonchev–Trinajstić information content (AvgIpc) is 3.32. The second-order valence-electron chi connectivity index (χ2n) is 7.57. The number of benzene rings is 2. The van der Waals surface area contributed by atoms with Crippen molar-refractivity contribution >= 4 is 45.0 Å². The third-order valence-corrected chi connectivity index (χ3v) is 6.45. The largest absolute Gasteiger partial charge is 0.300 e. The van der Waals surface area contributed by atoms with E-state index >= 15 is 0 Å². The zero-order valence-electron chi connectivity index (χ0n) is 16.1. The number of hydrogen-bond donors (Lipinski definition) is 1. The smallest absolute Gasteiger partial charge is 0.246 e. The molecule has 1 fully saturated rings. The highest BCUT2D eigenvalue weighted by molar-refractivity contribution is 7.14. The Kier molecular flexibility index (Phi) is 4.67. The monoisotopic (exact) mass is 417 g/mol. The summed E-state index contributed by atoms with van der Waals surface area (Å²) < 4.78 is 0. The van der Waals surface area contributed by atoms with Crippen LogP contribution in [0, 0.1) is 11.8 Å². The summed E-state index contributed by atoms with van der Waals surface area (Å²) in [6, 6.07) is 14.2. The van der Waals surface area contributed by atoms with Gasteiger partial charge >= 0.3 is 0 Å². The zero-order valence-corrected chi connectivity index (χ0v) is 16.9. The minimum Gasteiger partial charge on any atom is -0.300 e. The van der Waals surface area contributed by atoms with Crippen LogP contribution in [0.2, 0.25) is 0 Å². The van der Waals surface area contributed by atoms with Crippen molar-refractivity contribution in [1.29, 1.82) is 0 Å². The van der Waals surface area contributed by atoms with Gasteiger partial charge in [-0.2, -0.15) is 0 Å². The maximum atomic E-state index is 12.5. The van der Waals surface area contributed by atoms with Crippen LogP contribution >= 0.6 is 11.3 Å². The lowest BCUT2D eigenvalue weighted by Gasteiger charge is -2.14. The Morgan fingerprint density at radius 1 is 1.03 bits per heavy atom. The standard InChI is InChI=1S/C23H19N3O3S/c27-20(12-26-21(28)17-7-3-4-8-18(17)22(26)29)25-23-24-19(13-30-23)16-10-9-14-5-1-2-6-15(14)11-16/h1-6,9-11,13,17-18H,7-8,12H2,(H,24,25,27). The van der Waals surface area contributed by atoms with Crippen LogP contribution < -0.4 is 5.32 Å². The van der Waals surface area contributed by atoms with Crippen LogP contribution in [-0.4, -0.2) is 34.2 Å². The number of fused-ring (bicyclic) bond motifs is 2. The number of nitrogens with zero attached hydrogens (tertiary/aromatic N) is 2. The molecule has 0 saturated carbocycles. The van der Waals surface area contributed by atoms with Crippen molar-refractivity contribution in [3.63, 3.8) is 0 Å². The van der Waals surface area contributed by atoms with Crippen molar-refractivity contribution in [2.75, 3.05) is 11.9 Å². The van der Waals surface area contributed by atoms with Crippen LogP contribution in [0.15, 0.2) is 60.0 Å². The van der Waals surface area contributed by atoms with Crippen molar-refractivity contribution in [3.05, 3.63) is 60.0 Å². The van der Waals surface area contributed by atoms with Crippen LogP contribution in [0.4, 0.5) is 5.13 Å². The molecule has 0 bridgehead atoms. The molecule has 3 amide bonds. The van der Waals surface area contributed by atoms with Gasteiger partial charge in [0.05, 0.1) is 17.5 Å². The Hall–Kier alpha value is -3.32. The molecule has 1 saturated heterocycles. The molecule has 5 rings (SSSR count). The van der Waals surface area contributed by atoms with E-state index in [0.29, 0.717) is 18.0 Å². The molecule has 2 aliphatic rings. The number of nitrogens with one attached hydrogen (secondary N) is 1. The van der Waals surface area contributed by atoms with Gasteiger partial charge in [0.1, 0.15) is 6.54 Å². The van der Waals surface area contributed by atoms with Crippen molar-refractivity contribution in [2.24, 2.45) is 11.8 Å². The van der Waals surface area contributed by atoms with Crippen LogP contribution in [0.3, 0.4) is 0 Å². The lowest BCUT2D eigenvalue weighted by Crippen LogP contribution is -2.38. The highest BCUT2D eigenvalue weighted by Gasteiger charge is 2.47. The van der Waals surface area contributed by atoms with Gasteiger partial charge in [-0.3, -0.25) is 19.3 Å². The molecule has 0 spiro atoms. The van der Waals surface area contributed by atoms with Gasteiger partial charge in [0, 0.05) is 10.9 Å². The summed E-state index contributed by atoms with van der Waals surface area (Å²) in [4.78, 5) is 43.1. The number of hydrogen-bond acceptors (Lipinski definition) is 5. The third kappa shape index (κ3) is 3.31. The Labute approximate surface area is 177 Å². The number of likely N-dealkylation sites (tertiary alicyclic amines) is 1. The molecule has 2 unspecified atom stereocenters. The summed E-state index contributed by atoms with van der Waals surface area (Å²) >= 11 is 1.32. The van der Waals surface area contributed by atoms with E-state index in [1.165, 1.54) is 11.3 Å². The summed E-state index contributed by atoms with van der Waals surface area (Å²) in [5, 5.41) is 7.33. The topological polar surface area (TPSA) is 79.4 Å². The highest BCUT2D eigenvalue weighted by atomic mass is 32.1. The molecule has 0 radical (unpaired) electrons. The summed E-state index contributed by atoms with van der Waals surface area (Å²) in [6.45, 7) is -0.268. The normalized spacial score (nSPS) is 20.6. The number of rotatable bonds is 4. The van der Waals surface area contributed by atoms with Gasteiger partial charge in [0.25, 0.3) is 0 Å². The van der Waals surface area contributed by atoms with Gasteiger partial charge in [-0.05, 0) is 29.7 Å². The SMILES string of the molecule is O=C(CN1C(=O)C2CC=CCC2C1=O)Nc1nc(-c2ccc3ccccc3c2)cs1. The number of thiazole rings is 1. The van der Waals surface area contributed by atoms with Crippen LogP contribution in [0.5, 0.6) is 0 Å². The molecule has 2 aromatic carbocycles. The third-order valence-electron chi connectivity index (χ3n) is 5.70. The molecule has 1 N–H and O–H groups in total. The van der Waals surface area contributed by atoms with Crippen molar-refractivity contribution < 1.29 is 14.4 Å². The number of allylic oxidation sites excluding steroid dienone is 2. The number of amides is 3. The van der Waals surface area contributed by atoms with Crippen LogP contribution in [-0.2, 0) is 14.4 Å². The molecule has 1 aliphatic carbocycles. The van der Waals surface area contributed by atoms with E-state index in [-0.39, 0.29) is 30.2 Å². The van der Waals surface area contributed by atoms with Crippen LogP contribution in [0.25, 0.3) is 22.0 Å². The lowest BCUT2D eigenvalue weighted by molar-refractivity contribution is -0.142. The zero-order chi connectivity index (χ0) is 20.7. The second kappa shape index (κ2) is 7.50. The van der Waals surface area contributed by atoms with Gasteiger partial charge in [-0.25, -0.2) is 4.98 Å². The van der Waals surface area contributed by atoms with Crippen molar-refractivity contribution in [3.8, 4) is 11.3 Å². The van der Waals surface area contributed by atoms with Gasteiger partial charge in [0.15, 0.2) is 5.13 Å². The molecule has 7 heteroatoms. The summed E-state index contributed by atoms with van der Waals surface area (Å²) in [6.07, 6.45) is 4.99. The molecule has 3 aromatic rings. The fourth-order valence-electron chi connectivity index (χ4n) is 4.14. The van der Waals surface area contributed by atoms with Crippen molar-refractivity contribution in [1.82, 2.24) is 9.88 Å². The molecule has 150 valence electrons. The number of carbonyl (C=O) groups excluding carboxylic acids is 3. The maximum Gasteiger partial charge on any atom is 0.246 e. The van der Waals surface area contributed by atoms with E-state index in [9.17, 15) is 14.4 Å². The molecular weight excluding hydrogens is 398 g/mol. The molecule has 30 heavy (non-hydrogen) atoms.